The lowest BCUT2D eigenvalue weighted by Gasteiger charge is -2.17. The van der Waals surface area contributed by atoms with Gasteiger partial charge in [-0.05, 0) is 29.1 Å². The highest BCUT2D eigenvalue weighted by molar-refractivity contribution is 7.89. The molecule has 0 spiro atoms. The minimum Gasteiger partial charge on any atom is -0.497 e. The zero-order valence-electron chi connectivity index (χ0n) is 11.9. The van der Waals surface area contributed by atoms with E-state index in [4.69, 9.17) is 10.5 Å². The van der Waals surface area contributed by atoms with E-state index in [1.54, 1.807) is 25.6 Å². The number of nitrogens with two attached hydrogens (primary N) is 1. The van der Waals surface area contributed by atoms with Crippen LogP contribution in [0.2, 0.25) is 0 Å². The third kappa shape index (κ3) is 3.44. The van der Waals surface area contributed by atoms with E-state index in [0.717, 1.165) is 5.56 Å². The van der Waals surface area contributed by atoms with E-state index in [1.165, 1.54) is 15.6 Å². The Morgan fingerprint density at radius 3 is 2.76 bits per heavy atom. The van der Waals surface area contributed by atoms with E-state index < -0.39 is 10.0 Å². The molecule has 1 heterocycles. The maximum Gasteiger partial charge on any atom is 0.244 e. The molecule has 0 atom stereocenters. The van der Waals surface area contributed by atoms with E-state index in [2.05, 4.69) is 0 Å². The molecule has 0 aliphatic heterocycles. The molecule has 0 amide bonds. The van der Waals surface area contributed by atoms with Gasteiger partial charge in [0, 0.05) is 25.0 Å². The van der Waals surface area contributed by atoms with Gasteiger partial charge in [-0.15, -0.1) is 11.3 Å². The number of ether oxygens (including phenoxy) is 1. The van der Waals surface area contributed by atoms with E-state index in [9.17, 15) is 8.42 Å². The standard InChI is InChI=1S/C14H18N2O3S2/c1-16(10-11-4-3-5-12(8-11)19-2)21(17,18)14-6-7-20-13(14)9-15/h3-8H,9-10,15H2,1-2H3. The molecule has 21 heavy (non-hydrogen) atoms. The van der Waals surface area contributed by atoms with E-state index in [1.807, 2.05) is 24.3 Å². The Morgan fingerprint density at radius 2 is 2.10 bits per heavy atom. The molecule has 2 N–H and O–H groups in total. The molecule has 0 radical (unpaired) electrons. The van der Waals surface area contributed by atoms with Crippen LogP contribution in [0, 0.1) is 0 Å². The van der Waals surface area contributed by atoms with Crippen LogP contribution in [-0.2, 0) is 23.1 Å². The van der Waals surface area contributed by atoms with Crippen molar-refractivity contribution in [3.63, 3.8) is 0 Å². The molecule has 7 heteroatoms. The number of benzene rings is 1. The number of rotatable bonds is 6. The van der Waals surface area contributed by atoms with Crippen molar-refractivity contribution in [1.29, 1.82) is 0 Å². The van der Waals surface area contributed by atoms with Gasteiger partial charge in [0.1, 0.15) is 5.75 Å². The Bertz CT molecular complexity index is 711. The molecule has 1 aromatic heterocycles. The lowest BCUT2D eigenvalue weighted by atomic mass is 10.2. The van der Waals surface area contributed by atoms with Gasteiger partial charge in [0.05, 0.1) is 12.0 Å². The van der Waals surface area contributed by atoms with Crippen LogP contribution in [0.25, 0.3) is 0 Å². The van der Waals surface area contributed by atoms with Gasteiger partial charge in [0.25, 0.3) is 0 Å². The summed E-state index contributed by atoms with van der Waals surface area (Å²) in [6.45, 7) is 0.499. The molecular weight excluding hydrogens is 308 g/mol. The fourth-order valence-electron chi connectivity index (χ4n) is 1.99. The first kappa shape index (κ1) is 16.0. The molecule has 1 aromatic carbocycles. The van der Waals surface area contributed by atoms with Gasteiger partial charge in [-0.2, -0.15) is 4.31 Å². The number of sulfonamides is 1. The normalized spacial score (nSPS) is 11.8. The van der Waals surface area contributed by atoms with Gasteiger partial charge >= 0.3 is 0 Å². The zero-order valence-corrected chi connectivity index (χ0v) is 13.6. The van der Waals surface area contributed by atoms with E-state index in [0.29, 0.717) is 15.5 Å². The summed E-state index contributed by atoms with van der Waals surface area (Å²) in [7, 11) is -0.389. The summed E-state index contributed by atoms with van der Waals surface area (Å²) in [4.78, 5) is 0.966. The van der Waals surface area contributed by atoms with Crippen molar-refractivity contribution < 1.29 is 13.2 Å². The monoisotopic (exact) mass is 326 g/mol. The average Bonchev–Trinajstić information content (AvgIpc) is 2.96. The molecule has 114 valence electrons. The summed E-state index contributed by atoms with van der Waals surface area (Å²) >= 11 is 1.36. The number of thiophene rings is 1. The Hall–Kier alpha value is -1.41. The van der Waals surface area contributed by atoms with Crippen LogP contribution in [0.4, 0.5) is 0 Å². The molecule has 2 rings (SSSR count). The number of hydrogen-bond acceptors (Lipinski definition) is 5. The molecule has 0 bridgehead atoms. The van der Waals surface area contributed by atoms with Gasteiger partial charge < -0.3 is 10.5 Å². The second-order valence-corrected chi connectivity index (χ2v) is 7.54. The van der Waals surface area contributed by atoms with Crippen LogP contribution in [0.1, 0.15) is 10.4 Å². The summed E-state index contributed by atoms with van der Waals surface area (Å²) in [5, 5.41) is 1.74. The largest absolute Gasteiger partial charge is 0.497 e. The van der Waals surface area contributed by atoms with Crippen LogP contribution >= 0.6 is 11.3 Å². The van der Waals surface area contributed by atoms with Crippen molar-refractivity contribution in [2.24, 2.45) is 5.73 Å². The zero-order chi connectivity index (χ0) is 15.5. The quantitative estimate of drug-likeness (QED) is 0.881. The van der Waals surface area contributed by atoms with E-state index in [-0.39, 0.29) is 13.1 Å². The third-order valence-electron chi connectivity index (χ3n) is 3.12. The topological polar surface area (TPSA) is 72.6 Å². The molecule has 0 fully saturated rings. The lowest BCUT2D eigenvalue weighted by molar-refractivity contribution is 0.412. The number of hydrogen-bond donors (Lipinski definition) is 1. The van der Waals surface area contributed by atoms with Crippen molar-refractivity contribution in [3.8, 4) is 5.75 Å². The molecule has 0 aliphatic rings. The smallest absolute Gasteiger partial charge is 0.244 e. The number of methoxy groups -OCH3 is 1. The summed E-state index contributed by atoms with van der Waals surface area (Å²) in [6, 6.07) is 8.95. The molecule has 0 saturated heterocycles. The Labute approximate surface area is 129 Å². The minimum atomic E-state index is -3.53. The van der Waals surface area contributed by atoms with Crippen molar-refractivity contribution in [2.45, 2.75) is 18.0 Å². The first-order valence-corrected chi connectivity index (χ1v) is 8.66. The molecule has 2 aromatic rings. The van der Waals surface area contributed by atoms with Crippen molar-refractivity contribution in [3.05, 3.63) is 46.2 Å². The predicted molar refractivity (Wildman–Crippen MR) is 83.9 cm³/mol. The molecular formula is C14H18N2O3S2. The fraction of sp³-hybridized carbons (Fsp3) is 0.286. The lowest BCUT2D eigenvalue weighted by Crippen LogP contribution is -2.27. The van der Waals surface area contributed by atoms with Gasteiger partial charge in [-0.3, -0.25) is 0 Å². The minimum absolute atomic E-state index is 0.221. The fourth-order valence-corrected chi connectivity index (χ4v) is 4.45. The van der Waals surface area contributed by atoms with Gasteiger partial charge in [-0.1, -0.05) is 12.1 Å². The highest BCUT2D eigenvalue weighted by Crippen LogP contribution is 2.25. The highest BCUT2D eigenvalue weighted by atomic mass is 32.2. The second kappa shape index (κ2) is 6.57. The van der Waals surface area contributed by atoms with Crippen LogP contribution in [-0.4, -0.2) is 26.9 Å². The first-order chi connectivity index (χ1) is 9.98. The van der Waals surface area contributed by atoms with Crippen LogP contribution in [0.15, 0.2) is 40.6 Å². The average molecular weight is 326 g/mol. The first-order valence-electron chi connectivity index (χ1n) is 6.34. The van der Waals surface area contributed by atoms with Gasteiger partial charge in [-0.25, -0.2) is 8.42 Å². The van der Waals surface area contributed by atoms with Crippen LogP contribution < -0.4 is 10.5 Å². The second-order valence-electron chi connectivity index (χ2n) is 4.52. The summed E-state index contributed by atoms with van der Waals surface area (Å²) < 4.78 is 31.6. The van der Waals surface area contributed by atoms with E-state index >= 15 is 0 Å². The van der Waals surface area contributed by atoms with Crippen molar-refractivity contribution in [2.75, 3.05) is 14.2 Å². The van der Waals surface area contributed by atoms with Crippen molar-refractivity contribution >= 4 is 21.4 Å². The van der Waals surface area contributed by atoms with Crippen LogP contribution in [0.3, 0.4) is 0 Å². The molecule has 5 nitrogen and oxygen atoms in total. The summed E-state index contributed by atoms with van der Waals surface area (Å²) in [5.41, 5.74) is 6.46. The summed E-state index contributed by atoms with van der Waals surface area (Å²) in [6.07, 6.45) is 0. The van der Waals surface area contributed by atoms with Gasteiger partial charge in [0.15, 0.2) is 0 Å². The van der Waals surface area contributed by atoms with Crippen molar-refractivity contribution in [1.82, 2.24) is 4.31 Å². The maximum atomic E-state index is 12.6. The number of nitrogens with zero attached hydrogens (tertiary/aromatic N) is 1. The Morgan fingerprint density at radius 1 is 1.33 bits per heavy atom. The van der Waals surface area contributed by atoms with Crippen LogP contribution in [0.5, 0.6) is 5.75 Å². The highest BCUT2D eigenvalue weighted by Gasteiger charge is 2.24. The molecule has 0 saturated carbocycles. The Balaban J connectivity index is 2.24. The summed E-state index contributed by atoms with van der Waals surface area (Å²) in [5.74, 6) is 0.705. The Kier molecular flexibility index (Phi) is 5.00. The SMILES string of the molecule is COc1cccc(CN(C)S(=O)(=O)c2ccsc2CN)c1. The third-order valence-corrected chi connectivity index (χ3v) is 6.08. The maximum absolute atomic E-state index is 12.6. The predicted octanol–water partition coefficient (Wildman–Crippen LogP) is 2.04. The van der Waals surface area contributed by atoms with Gasteiger partial charge in [0.2, 0.25) is 10.0 Å². The molecule has 0 unspecified atom stereocenters. The molecule has 0 aliphatic carbocycles.